The van der Waals surface area contributed by atoms with Crippen LogP contribution in [0.15, 0.2) is 29.2 Å². The van der Waals surface area contributed by atoms with E-state index >= 15 is 0 Å². The Labute approximate surface area is 129 Å². The smallest absolute Gasteiger partial charge is 0.244 e. The second-order valence-corrected chi connectivity index (χ2v) is 7.67. The van der Waals surface area contributed by atoms with Crippen molar-refractivity contribution in [2.75, 3.05) is 20.2 Å². The summed E-state index contributed by atoms with van der Waals surface area (Å²) in [5, 5.41) is 11.9. The normalized spacial score (nSPS) is 17.7. The number of carbonyl (C=O) groups is 1. The Hall–Kier alpha value is -1.64. The molecule has 1 fully saturated rings. The van der Waals surface area contributed by atoms with Gasteiger partial charge in [0, 0.05) is 6.42 Å². The highest BCUT2D eigenvalue weighted by molar-refractivity contribution is 7.92. The number of amides is 1. The Kier molecular flexibility index (Phi) is 5.05. The summed E-state index contributed by atoms with van der Waals surface area (Å²) in [5.74, 6) is -0.134. The van der Waals surface area contributed by atoms with E-state index in [2.05, 4.69) is 5.32 Å². The van der Waals surface area contributed by atoms with Gasteiger partial charge in [0.1, 0.15) is 5.75 Å². The summed E-state index contributed by atoms with van der Waals surface area (Å²) < 4.78 is 29.9. The van der Waals surface area contributed by atoms with Crippen molar-refractivity contribution in [1.82, 2.24) is 10.8 Å². The van der Waals surface area contributed by atoms with Gasteiger partial charge in [-0.05, 0) is 50.2 Å². The molecule has 0 bridgehead atoms. The predicted molar refractivity (Wildman–Crippen MR) is 79.6 cm³/mol. The summed E-state index contributed by atoms with van der Waals surface area (Å²) in [4.78, 5) is 11.8. The van der Waals surface area contributed by atoms with Crippen LogP contribution in [0.5, 0.6) is 5.75 Å². The molecule has 1 heterocycles. The van der Waals surface area contributed by atoms with Crippen LogP contribution in [0, 0.1) is 0 Å². The number of rotatable bonds is 5. The lowest BCUT2D eigenvalue weighted by Crippen LogP contribution is -2.50. The van der Waals surface area contributed by atoms with Crippen molar-refractivity contribution in [3.05, 3.63) is 24.3 Å². The van der Waals surface area contributed by atoms with Crippen LogP contribution in [-0.4, -0.2) is 44.5 Å². The summed E-state index contributed by atoms with van der Waals surface area (Å²) in [6.07, 6.45) is 0.364. The Bertz CT molecular complexity index is 621. The molecule has 22 heavy (non-hydrogen) atoms. The maximum Gasteiger partial charge on any atom is 0.244 e. The number of ether oxygens (including phenoxy) is 1. The van der Waals surface area contributed by atoms with Gasteiger partial charge in [0.2, 0.25) is 5.91 Å². The van der Waals surface area contributed by atoms with Gasteiger partial charge in [-0.2, -0.15) is 0 Å². The lowest BCUT2D eigenvalue weighted by molar-refractivity contribution is -0.130. The zero-order chi connectivity index (χ0) is 16.2. The molecule has 0 unspecified atom stereocenters. The highest BCUT2D eigenvalue weighted by Gasteiger charge is 2.46. The van der Waals surface area contributed by atoms with E-state index in [0.717, 1.165) is 0 Å². The van der Waals surface area contributed by atoms with Crippen molar-refractivity contribution in [3.8, 4) is 5.75 Å². The van der Waals surface area contributed by atoms with Gasteiger partial charge >= 0.3 is 0 Å². The van der Waals surface area contributed by atoms with E-state index in [4.69, 9.17) is 9.94 Å². The van der Waals surface area contributed by atoms with E-state index in [1.165, 1.54) is 24.7 Å². The largest absolute Gasteiger partial charge is 0.497 e. The number of sulfone groups is 1. The zero-order valence-corrected chi connectivity index (χ0v) is 13.1. The number of hydrogen-bond acceptors (Lipinski definition) is 6. The van der Waals surface area contributed by atoms with E-state index in [9.17, 15) is 13.2 Å². The predicted octanol–water partition coefficient (Wildman–Crippen LogP) is 0.487. The number of piperidine rings is 1. The molecule has 0 saturated carbocycles. The fraction of sp³-hybridized carbons (Fsp3) is 0.500. The van der Waals surface area contributed by atoms with Gasteiger partial charge < -0.3 is 10.1 Å². The van der Waals surface area contributed by atoms with Crippen LogP contribution >= 0.6 is 0 Å². The van der Waals surface area contributed by atoms with Crippen molar-refractivity contribution in [2.45, 2.75) is 28.9 Å². The van der Waals surface area contributed by atoms with Crippen molar-refractivity contribution in [3.63, 3.8) is 0 Å². The van der Waals surface area contributed by atoms with E-state index < -0.39 is 20.5 Å². The minimum Gasteiger partial charge on any atom is -0.497 e. The monoisotopic (exact) mass is 328 g/mol. The van der Waals surface area contributed by atoms with E-state index in [1.807, 2.05) is 0 Å². The van der Waals surface area contributed by atoms with Crippen LogP contribution in [0.1, 0.15) is 19.3 Å². The van der Waals surface area contributed by atoms with Gasteiger partial charge in [0.25, 0.3) is 0 Å². The molecule has 1 saturated heterocycles. The molecule has 1 amide bonds. The standard InChI is InChI=1S/C14H20N2O5S/c1-21-11-2-4-12(5-3-11)22(19,20)14(10-13(17)16-18)6-8-15-9-7-14/h2-5,15,18H,6-10H2,1H3,(H,16,17). The Morgan fingerprint density at radius 1 is 1.32 bits per heavy atom. The minimum absolute atomic E-state index is 0.154. The average molecular weight is 328 g/mol. The number of nitrogens with one attached hydrogen (secondary N) is 2. The second kappa shape index (κ2) is 6.64. The van der Waals surface area contributed by atoms with Crippen LogP contribution in [0.25, 0.3) is 0 Å². The molecule has 8 heteroatoms. The van der Waals surface area contributed by atoms with E-state index in [-0.39, 0.29) is 11.3 Å². The van der Waals surface area contributed by atoms with Gasteiger partial charge in [-0.25, -0.2) is 13.9 Å². The Morgan fingerprint density at radius 2 is 1.91 bits per heavy atom. The molecule has 2 rings (SSSR count). The molecule has 3 N–H and O–H groups in total. The zero-order valence-electron chi connectivity index (χ0n) is 12.3. The SMILES string of the molecule is COc1ccc(S(=O)(=O)C2(CC(=O)NO)CCNCC2)cc1. The average Bonchev–Trinajstić information content (AvgIpc) is 2.55. The van der Waals surface area contributed by atoms with Crippen molar-refractivity contribution < 1.29 is 23.2 Å². The summed E-state index contributed by atoms with van der Waals surface area (Å²) in [6, 6.07) is 6.12. The highest BCUT2D eigenvalue weighted by atomic mass is 32.2. The Balaban J connectivity index is 2.41. The lowest BCUT2D eigenvalue weighted by atomic mass is 9.93. The van der Waals surface area contributed by atoms with Gasteiger partial charge in [-0.1, -0.05) is 0 Å². The van der Waals surface area contributed by atoms with E-state index in [1.54, 1.807) is 12.1 Å². The van der Waals surface area contributed by atoms with Crippen LogP contribution < -0.4 is 15.5 Å². The van der Waals surface area contributed by atoms with Gasteiger partial charge in [-0.3, -0.25) is 10.0 Å². The third-order valence-corrected chi connectivity index (χ3v) is 6.65. The lowest BCUT2D eigenvalue weighted by Gasteiger charge is -2.36. The number of hydroxylamine groups is 1. The van der Waals surface area contributed by atoms with Gasteiger partial charge in [-0.15, -0.1) is 0 Å². The molecule has 1 aliphatic heterocycles. The molecule has 122 valence electrons. The first kappa shape index (κ1) is 16.7. The first-order valence-electron chi connectivity index (χ1n) is 6.97. The van der Waals surface area contributed by atoms with Crippen LogP contribution in [0.3, 0.4) is 0 Å². The number of hydrogen-bond donors (Lipinski definition) is 3. The second-order valence-electron chi connectivity index (χ2n) is 5.32. The molecule has 1 aromatic carbocycles. The number of methoxy groups -OCH3 is 1. The molecule has 1 aliphatic rings. The third-order valence-electron chi connectivity index (χ3n) is 4.06. The molecule has 0 spiro atoms. The summed E-state index contributed by atoms with van der Waals surface area (Å²) in [6.45, 7) is 1.02. The first-order chi connectivity index (χ1) is 10.4. The van der Waals surface area contributed by atoms with Crippen LogP contribution in [-0.2, 0) is 14.6 Å². The number of benzene rings is 1. The molecule has 1 aromatic rings. The van der Waals surface area contributed by atoms with E-state index in [0.29, 0.717) is 31.7 Å². The Morgan fingerprint density at radius 3 is 2.41 bits per heavy atom. The van der Waals surface area contributed by atoms with Crippen molar-refractivity contribution >= 4 is 15.7 Å². The topological polar surface area (TPSA) is 105 Å². The summed E-state index contributed by atoms with van der Waals surface area (Å²) in [5.41, 5.74) is 1.54. The maximum absolute atomic E-state index is 13.0. The van der Waals surface area contributed by atoms with Gasteiger partial charge in [0.05, 0.1) is 16.8 Å². The third kappa shape index (κ3) is 3.08. The minimum atomic E-state index is -3.72. The molecule has 0 atom stereocenters. The van der Waals surface area contributed by atoms with Crippen molar-refractivity contribution in [1.29, 1.82) is 0 Å². The quantitative estimate of drug-likeness (QED) is 0.537. The van der Waals surface area contributed by atoms with Crippen molar-refractivity contribution in [2.24, 2.45) is 0 Å². The molecular weight excluding hydrogens is 308 g/mol. The molecule has 0 radical (unpaired) electrons. The molecule has 7 nitrogen and oxygen atoms in total. The molecular formula is C14H20N2O5S. The fourth-order valence-corrected chi connectivity index (χ4v) is 4.82. The summed E-state index contributed by atoms with van der Waals surface area (Å²) in [7, 11) is -2.22. The van der Waals surface area contributed by atoms with Crippen LogP contribution in [0.4, 0.5) is 0 Å². The molecule has 0 aromatic heterocycles. The first-order valence-corrected chi connectivity index (χ1v) is 8.46. The number of carbonyl (C=O) groups excluding carboxylic acids is 1. The highest BCUT2D eigenvalue weighted by Crippen LogP contribution is 2.37. The summed E-state index contributed by atoms with van der Waals surface area (Å²) >= 11 is 0. The van der Waals surface area contributed by atoms with Gasteiger partial charge in [0.15, 0.2) is 9.84 Å². The maximum atomic E-state index is 13.0. The van der Waals surface area contributed by atoms with Crippen LogP contribution in [0.2, 0.25) is 0 Å². The molecule has 0 aliphatic carbocycles. The fourth-order valence-electron chi connectivity index (χ4n) is 2.76.